The number of H-pyrrole nitrogens is 1. The zero-order valence-electron chi connectivity index (χ0n) is 15.1. The van der Waals surface area contributed by atoms with Crippen LogP contribution in [0.15, 0.2) is 33.9 Å². The quantitative estimate of drug-likeness (QED) is 0.608. The van der Waals surface area contributed by atoms with E-state index in [0.717, 1.165) is 11.1 Å². The van der Waals surface area contributed by atoms with E-state index in [4.69, 9.17) is 0 Å². The Kier molecular flexibility index (Phi) is 3.57. The Hall–Kier alpha value is -3.16. The molecule has 1 aromatic carbocycles. The molecule has 0 aliphatic rings. The first-order valence-corrected chi connectivity index (χ1v) is 8.52. The molecule has 4 rings (SSSR count). The maximum Gasteiger partial charge on any atom is 0.329 e. The van der Waals surface area contributed by atoms with Crippen molar-refractivity contribution in [2.45, 2.75) is 27.3 Å². The fourth-order valence-electron chi connectivity index (χ4n) is 3.27. The van der Waals surface area contributed by atoms with Crippen LogP contribution in [0, 0.1) is 12.8 Å². The van der Waals surface area contributed by atoms with Gasteiger partial charge in [0, 0.05) is 19.2 Å². The molecule has 0 fully saturated rings. The number of aromatic nitrogens is 6. The molecular formula is C18H20N6O2. The minimum absolute atomic E-state index is 0.297. The highest BCUT2D eigenvalue weighted by atomic mass is 16.2. The van der Waals surface area contributed by atoms with Crippen LogP contribution < -0.4 is 11.2 Å². The van der Waals surface area contributed by atoms with E-state index in [1.165, 1.54) is 4.57 Å². The Morgan fingerprint density at radius 3 is 2.46 bits per heavy atom. The van der Waals surface area contributed by atoms with Crippen LogP contribution >= 0.6 is 0 Å². The molecule has 0 aliphatic carbocycles. The second-order valence-corrected chi connectivity index (χ2v) is 7.02. The predicted molar refractivity (Wildman–Crippen MR) is 99.4 cm³/mol. The molecule has 0 bridgehead atoms. The number of hydrogen-bond donors (Lipinski definition) is 1. The summed E-state index contributed by atoms with van der Waals surface area (Å²) in [6, 6.07) is 7.91. The smallest absolute Gasteiger partial charge is 0.302 e. The summed E-state index contributed by atoms with van der Waals surface area (Å²) in [5.74, 6) is 1.45. The van der Waals surface area contributed by atoms with E-state index in [1.807, 2.05) is 35.8 Å². The first-order valence-electron chi connectivity index (χ1n) is 8.52. The molecule has 3 heterocycles. The molecule has 0 amide bonds. The largest absolute Gasteiger partial charge is 0.329 e. The summed E-state index contributed by atoms with van der Waals surface area (Å²) in [6.07, 6.45) is 0. The van der Waals surface area contributed by atoms with E-state index in [2.05, 4.69) is 29.0 Å². The number of imidazole rings is 1. The first kappa shape index (κ1) is 16.3. The van der Waals surface area contributed by atoms with Gasteiger partial charge in [-0.3, -0.25) is 14.3 Å². The van der Waals surface area contributed by atoms with E-state index < -0.39 is 11.2 Å². The zero-order valence-corrected chi connectivity index (χ0v) is 15.1. The van der Waals surface area contributed by atoms with Gasteiger partial charge in [-0.1, -0.05) is 43.7 Å². The van der Waals surface area contributed by atoms with Crippen molar-refractivity contribution >= 4 is 16.9 Å². The summed E-state index contributed by atoms with van der Waals surface area (Å²) in [6.45, 7) is 6.74. The minimum Gasteiger partial charge on any atom is -0.302 e. The number of nitrogens with one attached hydrogen (secondary N) is 1. The van der Waals surface area contributed by atoms with Gasteiger partial charge in [0.15, 0.2) is 17.0 Å². The van der Waals surface area contributed by atoms with Crippen LogP contribution in [0.25, 0.3) is 28.3 Å². The van der Waals surface area contributed by atoms with Gasteiger partial charge in [-0.05, 0) is 12.8 Å². The Labute approximate surface area is 148 Å². The Morgan fingerprint density at radius 1 is 1.12 bits per heavy atom. The highest BCUT2D eigenvalue weighted by Gasteiger charge is 2.23. The van der Waals surface area contributed by atoms with Gasteiger partial charge in [0.2, 0.25) is 5.78 Å². The van der Waals surface area contributed by atoms with Crippen molar-refractivity contribution in [3.63, 3.8) is 0 Å². The number of aromatic amines is 1. The molecule has 4 aromatic rings. The molecule has 0 spiro atoms. The van der Waals surface area contributed by atoms with Crippen LogP contribution in [0.4, 0.5) is 0 Å². The van der Waals surface area contributed by atoms with Crippen LogP contribution in [0.5, 0.6) is 0 Å². The number of nitrogens with zero attached hydrogens (tertiary/aromatic N) is 5. The standard InChI is InChI=1S/C18H20N6O2/c1-10(2)9-23-13-15(25)19-18(26)22(4)16(13)24-14(20-21-17(23)24)12-7-5-11(3)6-8-12/h5-8,10H,9H2,1-4H3,(H,19,25,26). The summed E-state index contributed by atoms with van der Waals surface area (Å²) in [5, 5.41) is 8.67. The maximum absolute atomic E-state index is 12.6. The normalized spacial score (nSPS) is 11.9. The SMILES string of the molecule is Cc1ccc(-c2nnc3n(CC(C)C)c4c(=O)[nH]c(=O)n(C)c4n23)cc1. The van der Waals surface area contributed by atoms with Gasteiger partial charge < -0.3 is 4.57 Å². The first-order chi connectivity index (χ1) is 12.4. The predicted octanol–water partition coefficient (Wildman–Crippen LogP) is 1.70. The van der Waals surface area contributed by atoms with Gasteiger partial charge in [-0.2, -0.15) is 0 Å². The van der Waals surface area contributed by atoms with E-state index in [9.17, 15) is 9.59 Å². The zero-order chi connectivity index (χ0) is 18.6. The van der Waals surface area contributed by atoms with E-state index in [0.29, 0.717) is 35.2 Å². The average molecular weight is 352 g/mol. The van der Waals surface area contributed by atoms with Crippen molar-refractivity contribution in [2.24, 2.45) is 13.0 Å². The molecule has 1 N–H and O–H groups in total. The highest BCUT2D eigenvalue weighted by molar-refractivity contribution is 5.79. The average Bonchev–Trinajstić information content (AvgIpc) is 3.13. The van der Waals surface area contributed by atoms with Crippen molar-refractivity contribution < 1.29 is 0 Å². The van der Waals surface area contributed by atoms with E-state index in [1.54, 1.807) is 11.4 Å². The summed E-state index contributed by atoms with van der Waals surface area (Å²) in [5.41, 5.74) is 2.06. The van der Waals surface area contributed by atoms with Crippen LogP contribution in [0.1, 0.15) is 19.4 Å². The molecule has 0 atom stereocenters. The van der Waals surface area contributed by atoms with Gasteiger partial charge in [-0.25, -0.2) is 9.20 Å². The molecule has 3 aromatic heterocycles. The van der Waals surface area contributed by atoms with Gasteiger partial charge in [0.1, 0.15) is 0 Å². The lowest BCUT2D eigenvalue weighted by atomic mass is 10.1. The number of rotatable bonds is 3. The molecule has 0 saturated heterocycles. The van der Waals surface area contributed by atoms with Crippen molar-refractivity contribution in [1.29, 1.82) is 0 Å². The molecule has 8 nitrogen and oxygen atoms in total. The highest BCUT2D eigenvalue weighted by Crippen LogP contribution is 2.25. The van der Waals surface area contributed by atoms with Crippen molar-refractivity contribution in [1.82, 2.24) is 28.7 Å². The summed E-state index contributed by atoms with van der Waals surface area (Å²) >= 11 is 0. The third-order valence-electron chi connectivity index (χ3n) is 4.50. The number of benzene rings is 1. The molecule has 0 aliphatic heterocycles. The Bertz CT molecular complexity index is 1240. The van der Waals surface area contributed by atoms with Crippen LogP contribution in [-0.4, -0.2) is 28.7 Å². The second kappa shape index (κ2) is 5.69. The lowest BCUT2D eigenvalue weighted by Crippen LogP contribution is -2.29. The van der Waals surface area contributed by atoms with Crippen LogP contribution in [0.3, 0.4) is 0 Å². The number of aryl methyl sites for hydroxylation is 2. The fraction of sp³-hybridized carbons (Fsp3) is 0.333. The van der Waals surface area contributed by atoms with E-state index >= 15 is 0 Å². The lowest BCUT2D eigenvalue weighted by molar-refractivity contribution is 0.539. The van der Waals surface area contributed by atoms with Crippen molar-refractivity contribution in [3.8, 4) is 11.4 Å². The van der Waals surface area contributed by atoms with Crippen LogP contribution in [-0.2, 0) is 13.6 Å². The van der Waals surface area contributed by atoms with Crippen molar-refractivity contribution in [3.05, 3.63) is 50.7 Å². The van der Waals surface area contributed by atoms with E-state index in [-0.39, 0.29) is 0 Å². The molecule has 0 unspecified atom stereocenters. The molecule has 0 radical (unpaired) electrons. The Balaban J connectivity index is 2.19. The van der Waals surface area contributed by atoms with Gasteiger partial charge in [-0.15, -0.1) is 10.2 Å². The fourth-order valence-corrected chi connectivity index (χ4v) is 3.27. The summed E-state index contributed by atoms with van der Waals surface area (Å²) in [4.78, 5) is 27.1. The van der Waals surface area contributed by atoms with Gasteiger partial charge >= 0.3 is 5.69 Å². The molecule has 8 heteroatoms. The van der Waals surface area contributed by atoms with Crippen LogP contribution in [0.2, 0.25) is 0 Å². The van der Waals surface area contributed by atoms with Gasteiger partial charge in [0.05, 0.1) is 0 Å². The molecule has 26 heavy (non-hydrogen) atoms. The third-order valence-corrected chi connectivity index (χ3v) is 4.50. The second-order valence-electron chi connectivity index (χ2n) is 7.02. The van der Waals surface area contributed by atoms with Crippen molar-refractivity contribution in [2.75, 3.05) is 0 Å². The summed E-state index contributed by atoms with van der Waals surface area (Å²) < 4.78 is 5.06. The third kappa shape index (κ3) is 2.29. The topological polar surface area (TPSA) is 90.0 Å². The molecule has 0 saturated carbocycles. The van der Waals surface area contributed by atoms with Gasteiger partial charge in [0.25, 0.3) is 5.56 Å². The maximum atomic E-state index is 12.6. The molecular weight excluding hydrogens is 332 g/mol. The monoisotopic (exact) mass is 352 g/mol. The molecule has 134 valence electrons. The Morgan fingerprint density at radius 2 is 1.81 bits per heavy atom. The minimum atomic E-state index is -0.463. The summed E-state index contributed by atoms with van der Waals surface area (Å²) in [7, 11) is 1.64. The number of fused-ring (bicyclic) bond motifs is 3. The lowest BCUT2D eigenvalue weighted by Gasteiger charge is -2.07. The number of hydrogen-bond acceptors (Lipinski definition) is 4.